The number of hydrogen-bond donors (Lipinski definition) is 0. The van der Waals surface area contributed by atoms with Gasteiger partial charge in [0, 0.05) is 17.2 Å². The maximum absolute atomic E-state index is 10.8. The third kappa shape index (κ3) is 2.80. The fourth-order valence-electron chi connectivity index (χ4n) is 2.10. The number of fused-ring (bicyclic) bond motifs is 1. The number of rotatable bonds is 5. The molecule has 2 aromatic carbocycles. The van der Waals surface area contributed by atoms with E-state index >= 15 is 0 Å². The molecule has 0 N–H and O–H groups in total. The number of carbonyl (C=O) groups is 1. The van der Waals surface area contributed by atoms with Gasteiger partial charge in [-0.3, -0.25) is 4.79 Å². The van der Waals surface area contributed by atoms with Crippen molar-refractivity contribution in [1.82, 2.24) is 0 Å². The maximum atomic E-state index is 10.8. The molecule has 0 unspecified atom stereocenters. The molecule has 0 spiro atoms. The molecule has 22 heavy (non-hydrogen) atoms. The van der Waals surface area contributed by atoms with E-state index in [1.54, 1.807) is 30.3 Å². The fraction of sp³-hybridized carbons (Fsp3) is 0.188. The minimum Gasteiger partial charge on any atom is -0.493 e. The Morgan fingerprint density at radius 1 is 1.18 bits per heavy atom. The van der Waals surface area contributed by atoms with E-state index in [1.807, 2.05) is 0 Å². The summed E-state index contributed by atoms with van der Waals surface area (Å²) in [6.45, 7) is 0.434. The molecular formula is C16H13ClO5. The second-order valence-electron chi connectivity index (χ2n) is 4.61. The van der Waals surface area contributed by atoms with Crippen LogP contribution in [0.25, 0.3) is 0 Å². The first-order valence-corrected chi connectivity index (χ1v) is 6.93. The predicted octanol–water partition coefficient (Wildman–Crippen LogP) is 3.47. The molecule has 2 aromatic rings. The molecule has 0 fully saturated rings. The number of carbonyl (C=O) groups excluding carboxylic acids is 1. The smallest absolute Gasteiger partial charge is 0.231 e. The SMILES string of the molecule is COc1cc(C=O)ccc1OCc1cc2c(cc1Cl)OCO2. The summed E-state index contributed by atoms with van der Waals surface area (Å²) in [4.78, 5) is 10.8. The zero-order valence-corrected chi connectivity index (χ0v) is 12.6. The Morgan fingerprint density at radius 3 is 2.68 bits per heavy atom. The molecular weight excluding hydrogens is 308 g/mol. The van der Waals surface area contributed by atoms with Crippen LogP contribution in [-0.4, -0.2) is 20.2 Å². The molecule has 0 radical (unpaired) electrons. The first kappa shape index (κ1) is 14.5. The van der Waals surface area contributed by atoms with Gasteiger partial charge in [-0.2, -0.15) is 0 Å². The van der Waals surface area contributed by atoms with Crippen molar-refractivity contribution < 1.29 is 23.7 Å². The largest absolute Gasteiger partial charge is 0.493 e. The fourth-order valence-corrected chi connectivity index (χ4v) is 2.31. The Bertz CT molecular complexity index is 714. The maximum Gasteiger partial charge on any atom is 0.231 e. The molecule has 6 heteroatoms. The topological polar surface area (TPSA) is 54.0 Å². The third-order valence-corrected chi connectivity index (χ3v) is 3.60. The van der Waals surface area contributed by atoms with Crippen LogP contribution in [0.5, 0.6) is 23.0 Å². The molecule has 1 aliphatic heterocycles. The molecule has 0 aliphatic carbocycles. The Hall–Kier alpha value is -2.40. The molecule has 0 saturated heterocycles. The van der Waals surface area contributed by atoms with Gasteiger partial charge in [0.25, 0.3) is 0 Å². The van der Waals surface area contributed by atoms with E-state index in [1.165, 1.54) is 7.11 Å². The van der Waals surface area contributed by atoms with Crippen molar-refractivity contribution in [1.29, 1.82) is 0 Å². The van der Waals surface area contributed by atoms with Gasteiger partial charge in [-0.15, -0.1) is 0 Å². The third-order valence-electron chi connectivity index (χ3n) is 3.25. The molecule has 1 heterocycles. The van der Waals surface area contributed by atoms with E-state index in [-0.39, 0.29) is 13.4 Å². The average molecular weight is 321 g/mol. The van der Waals surface area contributed by atoms with Crippen LogP contribution in [0.1, 0.15) is 15.9 Å². The van der Waals surface area contributed by atoms with Gasteiger partial charge in [0.15, 0.2) is 23.0 Å². The van der Waals surface area contributed by atoms with Crippen molar-refractivity contribution in [3.63, 3.8) is 0 Å². The zero-order valence-electron chi connectivity index (χ0n) is 11.8. The summed E-state index contributed by atoms with van der Waals surface area (Å²) in [6.07, 6.45) is 0.751. The zero-order chi connectivity index (χ0) is 15.5. The van der Waals surface area contributed by atoms with Crippen molar-refractivity contribution in [2.75, 3.05) is 13.9 Å². The molecule has 0 saturated carbocycles. The van der Waals surface area contributed by atoms with Crippen molar-refractivity contribution in [2.45, 2.75) is 6.61 Å². The summed E-state index contributed by atoms with van der Waals surface area (Å²) in [5.41, 5.74) is 1.29. The van der Waals surface area contributed by atoms with Gasteiger partial charge in [0.1, 0.15) is 12.9 Å². The lowest BCUT2D eigenvalue weighted by molar-refractivity contribution is 0.112. The molecule has 0 bridgehead atoms. The van der Waals surface area contributed by atoms with E-state index < -0.39 is 0 Å². The quantitative estimate of drug-likeness (QED) is 0.790. The van der Waals surface area contributed by atoms with Crippen molar-refractivity contribution in [3.05, 3.63) is 46.5 Å². The van der Waals surface area contributed by atoms with Crippen LogP contribution < -0.4 is 18.9 Å². The van der Waals surface area contributed by atoms with Gasteiger partial charge in [-0.25, -0.2) is 0 Å². The van der Waals surface area contributed by atoms with Gasteiger partial charge in [0.2, 0.25) is 6.79 Å². The van der Waals surface area contributed by atoms with Crippen molar-refractivity contribution in [3.8, 4) is 23.0 Å². The monoisotopic (exact) mass is 320 g/mol. The van der Waals surface area contributed by atoms with Crippen molar-refractivity contribution >= 4 is 17.9 Å². The second-order valence-corrected chi connectivity index (χ2v) is 5.02. The van der Waals surface area contributed by atoms with Crippen LogP contribution >= 0.6 is 11.6 Å². The van der Waals surface area contributed by atoms with Crippen LogP contribution in [0.15, 0.2) is 30.3 Å². The summed E-state index contributed by atoms with van der Waals surface area (Å²) in [7, 11) is 1.52. The molecule has 0 aromatic heterocycles. The Morgan fingerprint density at radius 2 is 1.95 bits per heavy atom. The lowest BCUT2D eigenvalue weighted by Crippen LogP contribution is -1.99. The molecule has 3 rings (SSSR count). The summed E-state index contributed by atoms with van der Waals surface area (Å²) in [5, 5.41) is 0.535. The molecule has 1 aliphatic rings. The first-order valence-electron chi connectivity index (χ1n) is 6.55. The summed E-state index contributed by atoms with van der Waals surface area (Å²) >= 11 is 6.20. The minimum absolute atomic E-state index is 0.191. The summed E-state index contributed by atoms with van der Waals surface area (Å²) in [6, 6.07) is 8.45. The standard InChI is InChI=1S/C16H13ClO5/c1-19-14-4-10(7-18)2-3-13(14)20-8-11-5-15-16(6-12(11)17)22-9-21-15/h2-7H,8-9H2,1H3. The highest BCUT2D eigenvalue weighted by Gasteiger charge is 2.17. The number of benzene rings is 2. The Balaban J connectivity index is 1.79. The molecule has 5 nitrogen and oxygen atoms in total. The molecule has 0 amide bonds. The van der Waals surface area contributed by atoms with E-state index in [9.17, 15) is 4.79 Å². The summed E-state index contributed by atoms with van der Waals surface area (Å²) in [5.74, 6) is 2.29. The lowest BCUT2D eigenvalue weighted by atomic mass is 10.2. The highest BCUT2D eigenvalue weighted by molar-refractivity contribution is 6.31. The first-order chi connectivity index (χ1) is 10.7. The Labute approximate surface area is 132 Å². The van der Waals surface area contributed by atoms with E-state index in [0.717, 1.165) is 11.8 Å². The van der Waals surface area contributed by atoms with E-state index in [0.29, 0.717) is 33.6 Å². The van der Waals surface area contributed by atoms with Gasteiger partial charge in [-0.1, -0.05) is 11.6 Å². The Kier molecular flexibility index (Phi) is 4.06. The van der Waals surface area contributed by atoms with E-state index in [4.69, 9.17) is 30.5 Å². The van der Waals surface area contributed by atoms with E-state index in [2.05, 4.69) is 0 Å². The van der Waals surface area contributed by atoms with Crippen LogP contribution in [0.2, 0.25) is 5.02 Å². The highest BCUT2D eigenvalue weighted by atomic mass is 35.5. The normalized spacial score (nSPS) is 12.1. The number of methoxy groups -OCH3 is 1. The number of halogens is 1. The van der Waals surface area contributed by atoms with Gasteiger partial charge in [0.05, 0.1) is 12.1 Å². The van der Waals surface area contributed by atoms with Crippen LogP contribution in [0.4, 0.5) is 0 Å². The van der Waals surface area contributed by atoms with Gasteiger partial charge in [-0.05, 0) is 24.3 Å². The lowest BCUT2D eigenvalue weighted by Gasteiger charge is -2.12. The number of ether oxygens (including phenoxy) is 4. The van der Waals surface area contributed by atoms with Gasteiger partial charge < -0.3 is 18.9 Å². The average Bonchev–Trinajstić information content (AvgIpc) is 2.99. The molecule has 114 valence electrons. The molecule has 0 atom stereocenters. The van der Waals surface area contributed by atoms with Crippen LogP contribution in [0, 0.1) is 0 Å². The highest BCUT2D eigenvalue weighted by Crippen LogP contribution is 2.37. The second kappa shape index (κ2) is 6.15. The van der Waals surface area contributed by atoms with Crippen LogP contribution in [0.3, 0.4) is 0 Å². The van der Waals surface area contributed by atoms with Crippen molar-refractivity contribution in [2.24, 2.45) is 0 Å². The number of aldehydes is 1. The number of hydrogen-bond acceptors (Lipinski definition) is 5. The minimum atomic E-state index is 0.191. The summed E-state index contributed by atoms with van der Waals surface area (Å²) < 4.78 is 21.5. The van der Waals surface area contributed by atoms with Crippen LogP contribution in [-0.2, 0) is 6.61 Å². The van der Waals surface area contributed by atoms with Gasteiger partial charge >= 0.3 is 0 Å². The predicted molar refractivity (Wildman–Crippen MR) is 80.3 cm³/mol.